The molecule has 15 heavy (non-hydrogen) atoms. The lowest BCUT2D eigenvalue weighted by atomic mass is 10.3. The van der Waals surface area contributed by atoms with Gasteiger partial charge in [-0.15, -0.1) is 0 Å². The normalized spacial score (nSPS) is 15.1. The van der Waals surface area contributed by atoms with Crippen LogP contribution in [-0.2, 0) is 0 Å². The first-order chi connectivity index (χ1) is 7.08. The zero-order chi connectivity index (χ0) is 11.0. The molecule has 1 aliphatic rings. The monoisotopic (exact) mass is 245 g/mol. The summed E-state index contributed by atoms with van der Waals surface area (Å²) in [6, 6.07) is 1.69. The molecule has 80 valence electrons. The van der Waals surface area contributed by atoms with Crippen LogP contribution in [0.3, 0.4) is 0 Å². The molecule has 0 aromatic carbocycles. The molecule has 3 N–H and O–H groups in total. The number of rotatable bonds is 2. The number of nitrogens with zero attached hydrogens (tertiary/aromatic N) is 1. The van der Waals surface area contributed by atoms with Crippen LogP contribution in [0.4, 0.5) is 5.69 Å². The summed E-state index contributed by atoms with van der Waals surface area (Å²) in [5, 5.41) is 3.09. The topological polar surface area (TPSA) is 68.0 Å². The molecule has 1 saturated carbocycles. The number of hydrogen-bond acceptors (Lipinski definition) is 3. The van der Waals surface area contributed by atoms with Crippen LogP contribution < -0.4 is 11.1 Å². The molecule has 1 aromatic heterocycles. The summed E-state index contributed by atoms with van der Waals surface area (Å²) in [7, 11) is 0. The van der Waals surface area contributed by atoms with Gasteiger partial charge in [-0.2, -0.15) is 0 Å². The Morgan fingerprint density at radius 2 is 2.20 bits per heavy atom. The first kappa shape index (κ1) is 10.5. The zero-order valence-electron chi connectivity index (χ0n) is 7.76. The number of hydrogen-bond donors (Lipinski definition) is 2. The van der Waals surface area contributed by atoms with Crippen LogP contribution >= 0.6 is 23.2 Å². The van der Waals surface area contributed by atoms with Crippen molar-refractivity contribution in [3.05, 3.63) is 21.9 Å². The summed E-state index contributed by atoms with van der Waals surface area (Å²) in [6.07, 6.45) is 2.03. The first-order valence-electron chi connectivity index (χ1n) is 4.50. The highest BCUT2D eigenvalue weighted by Gasteiger charge is 2.24. The third-order valence-corrected chi connectivity index (χ3v) is 2.71. The fourth-order valence-electron chi connectivity index (χ4n) is 1.10. The Bertz CT molecular complexity index is 395. The number of pyridine rings is 1. The molecule has 1 heterocycles. The third-order valence-electron chi connectivity index (χ3n) is 2.11. The minimum absolute atomic E-state index is 0.0587. The number of amides is 1. The molecular weight excluding hydrogens is 237 g/mol. The number of nitrogens with one attached hydrogen (secondary N) is 1. The molecule has 0 atom stereocenters. The number of carbonyl (C=O) groups excluding carboxylic acids is 1. The van der Waals surface area contributed by atoms with Gasteiger partial charge in [-0.25, -0.2) is 4.98 Å². The summed E-state index contributed by atoms with van der Waals surface area (Å²) < 4.78 is 0. The molecule has 0 aliphatic heterocycles. The number of aromatic nitrogens is 1. The average molecular weight is 246 g/mol. The minimum Gasteiger partial charge on any atom is -0.395 e. The number of anilines is 1. The standard InChI is InChI=1S/C9H9Cl2N3O/c10-5-3-6(14-8(11)7(5)12)9(15)13-4-1-2-4/h3-4H,1-2,12H2,(H,13,15). The first-order valence-corrected chi connectivity index (χ1v) is 5.26. The van der Waals surface area contributed by atoms with E-state index in [2.05, 4.69) is 10.3 Å². The maximum absolute atomic E-state index is 11.6. The summed E-state index contributed by atoms with van der Waals surface area (Å²) in [5.41, 5.74) is 5.90. The van der Waals surface area contributed by atoms with E-state index < -0.39 is 0 Å². The van der Waals surface area contributed by atoms with Crippen molar-refractivity contribution in [3.8, 4) is 0 Å². The van der Waals surface area contributed by atoms with Crippen LogP contribution in [0.5, 0.6) is 0 Å². The predicted molar refractivity (Wildman–Crippen MR) is 59.2 cm³/mol. The van der Waals surface area contributed by atoms with Gasteiger partial charge in [-0.05, 0) is 18.9 Å². The highest BCUT2D eigenvalue weighted by atomic mass is 35.5. The van der Waals surface area contributed by atoms with Crippen molar-refractivity contribution in [2.45, 2.75) is 18.9 Å². The van der Waals surface area contributed by atoms with E-state index in [4.69, 9.17) is 28.9 Å². The molecule has 0 bridgehead atoms. The molecule has 0 unspecified atom stereocenters. The Kier molecular flexibility index (Phi) is 2.71. The molecule has 0 saturated heterocycles. The Morgan fingerprint density at radius 1 is 1.53 bits per heavy atom. The maximum Gasteiger partial charge on any atom is 0.270 e. The second-order valence-corrected chi connectivity index (χ2v) is 4.21. The van der Waals surface area contributed by atoms with E-state index in [1.54, 1.807) is 0 Å². The summed E-state index contributed by atoms with van der Waals surface area (Å²) in [4.78, 5) is 15.4. The van der Waals surface area contributed by atoms with Gasteiger partial charge in [0.1, 0.15) is 5.69 Å². The van der Waals surface area contributed by atoms with Crippen molar-refractivity contribution in [1.82, 2.24) is 10.3 Å². The van der Waals surface area contributed by atoms with E-state index in [0.29, 0.717) is 0 Å². The number of nitrogen functional groups attached to an aromatic ring is 1. The molecule has 1 fully saturated rings. The highest BCUT2D eigenvalue weighted by molar-refractivity contribution is 6.38. The van der Waals surface area contributed by atoms with Gasteiger partial charge in [0.2, 0.25) is 0 Å². The van der Waals surface area contributed by atoms with Crippen LogP contribution in [-0.4, -0.2) is 16.9 Å². The smallest absolute Gasteiger partial charge is 0.270 e. The Morgan fingerprint density at radius 3 is 2.73 bits per heavy atom. The Balaban J connectivity index is 2.23. The van der Waals surface area contributed by atoms with Crippen molar-refractivity contribution in [2.75, 3.05) is 5.73 Å². The largest absolute Gasteiger partial charge is 0.395 e. The van der Waals surface area contributed by atoms with E-state index in [0.717, 1.165) is 12.8 Å². The van der Waals surface area contributed by atoms with E-state index >= 15 is 0 Å². The predicted octanol–water partition coefficient (Wildman–Crippen LogP) is 1.86. The van der Waals surface area contributed by atoms with Crippen molar-refractivity contribution < 1.29 is 4.79 Å². The van der Waals surface area contributed by atoms with Crippen LogP contribution in [0, 0.1) is 0 Å². The fourth-order valence-corrected chi connectivity index (χ4v) is 1.53. The van der Waals surface area contributed by atoms with E-state index in [1.165, 1.54) is 6.07 Å². The molecule has 1 amide bonds. The molecule has 1 aromatic rings. The average Bonchev–Trinajstić information content (AvgIpc) is 2.97. The van der Waals surface area contributed by atoms with Gasteiger partial charge in [-0.1, -0.05) is 23.2 Å². The van der Waals surface area contributed by atoms with E-state index in [1.807, 2.05) is 0 Å². The number of halogens is 2. The molecule has 4 nitrogen and oxygen atoms in total. The number of nitrogens with two attached hydrogens (primary N) is 1. The van der Waals surface area contributed by atoms with E-state index in [-0.39, 0.29) is 33.5 Å². The zero-order valence-corrected chi connectivity index (χ0v) is 9.27. The summed E-state index contributed by atoms with van der Waals surface area (Å²) in [5.74, 6) is -0.263. The third kappa shape index (κ3) is 2.33. The number of carbonyl (C=O) groups is 1. The minimum atomic E-state index is -0.263. The van der Waals surface area contributed by atoms with Crippen molar-refractivity contribution in [3.63, 3.8) is 0 Å². The van der Waals surface area contributed by atoms with Crippen LogP contribution in [0.15, 0.2) is 6.07 Å². The van der Waals surface area contributed by atoms with Crippen molar-refractivity contribution in [2.24, 2.45) is 0 Å². The van der Waals surface area contributed by atoms with Gasteiger partial charge >= 0.3 is 0 Å². The lowest BCUT2D eigenvalue weighted by Gasteiger charge is -2.05. The molecule has 0 spiro atoms. The molecular formula is C9H9Cl2N3O. The van der Waals surface area contributed by atoms with Gasteiger partial charge in [0.05, 0.1) is 10.7 Å². The summed E-state index contributed by atoms with van der Waals surface area (Å²) >= 11 is 11.5. The Labute approximate surface area is 96.8 Å². The van der Waals surface area contributed by atoms with Gasteiger partial charge in [-0.3, -0.25) is 4.79 Å². The second-order valence-electron chi connectivity index (χ2n) is 3.44. The van der Waals surface area contributed by atoms with Gasteiger partial charge in [0.25, 0.3) is 5.91 Å². The molecule has 1 aliphatic carbocycles. The van der Waals surface area contributed by atoms with Gasteiger partial charge < -0.3 is 11.1 Å². The van der Waals surface area contributed by atoms with Gasteiger partial charge in [0.15, 0.2) is 5.15 Å². The quantitative estimate of drug-likeness (QED) is 0.782. The Hall–Kier alpha value is -1.00. The van der Waals surface area contributed by atoms with Crippen molar-refractivity contribution >= 4 is 34.8 Å². The van der Waals surface area contributed by atoms with Gasteiger partial charge in [0, 0.05) is 6.04 Å². The molecule has 6 heteroatoms. The molecule has 0 radical (unpaired) electrons. The lowest BCUT2D eigenvalue weighted by Crippen LogP contribution is -2.26. The summed E-state index contributed by atoms with van der Waals surface area (Å²) in [6.45, 7) is 0. The van der Waals surface area contributed by atoms with Crippen molar-refractivity contribution in [1.29, 1.82) is 0 Å². The highest BCUT2D eigenvalue weighted by Crippen LogP contribution is 2.26. The van der Waals surface area contributed by atoms with Crippen LogP contribution in [0.25, 0.3) is 0 Å². The maximum atomic E-state index is 11.6. The lowest BCUT2D eigenvalue weighted by molar-refractivity contribution is 0.0946. The SMILES string of the molecule is Nc1c(Cl)cc(C(=O)NC2CC2)nc1Cl. The second kappa shape index (κ2) is 3.87. The van der Waals surface area contributed by atoms with E-state index in [9.17, 15) is 4.79 Å². The fraction of sp³-hybridized carbons (Fsp3) is 0.333. The van der Waals surface area contributed by atoms with Crippen LogP contribution in [0.2, 0.25) is 10.2 Å². The van der Waals surface area contributed by atoms with Crippen LogP contribution in [0.1, 0.15) is 23.3 Å². The molecule has 2 rings (SSSR count).